The molecular formula is C17H34N4O2. The quantitative estimate of drug-likeness (QED) is 0.379. The normalized spacial score (nSPS) is 25.9. The van der Waals surface area contributed by atoms with Gasteiger partial charge in [0.2, 0.25) is 0 Å². The number of nitrogens with zero attached hydrogens (tertiary/aromatic N) is 2. The van der Waals surface area contributed by atoms with E-state index in [2.05, 4.69) is 27.4 Å². The van der Waals surface area contributed by atoms with Gasteiger partial charge in [-0.2, -0.15) is 0 Å². The Hall–Kier alpha value is -0.850. The molecule has 0 bridgehead atoms. The Bertz CT molecular complexity index is 345. The monoisotopic (exact) mass is 326 g/mol. The zero-order valence-corrected chi connectivity index (χ0v) is 14.9. The number of likely N-dealkylation sites (N-methyl/N-ethyl adjacent to an activating group) is 1. The molecule has 2 saturated heterocycles. The van der Waals surface area contributed by atoms with Gasteiger partial charge in [0.15, 0.2) is 5.96 Å². The largest absolute Gasteiger partial charge is 0.379 e. The van der Waals surface area contributed by atoms with Crippen molar-refractivity contribution in [3.8, 4) is 0 Å². The maximum atomic E-state index is 5.67. The van der Waals surface area contributed by atoms with E-state index >= 15 is 0 Å². The van der Waals surface area contributed by atoms with Crippen LogP contribution in [0.5, 0.6) is 0 Å². The third kappa shape index (κ3) is 6.65. The molecular weight excluding hydrogens is 292 g/mol. The van der Waals surface area contributed by atoms with Crippen molar-refractivity contribution < 1.29 is 9.47 Å². The van der Waals surface area contributed by atoms with Crippen molar-refractivity contribution >= 4 is 5.96 Å². The van der Waals surface area contributed by atoms with Crippen molar-refractivity contribution in [1.82, 2.24) is 15.5 Å². The summed E-state index contributed by atoms with van der Waals surface area (Å²) in [6.07, 6.45) is 6.23. The van der Waals surface area contributed by atoms with Crippen molar-refractivity contribution in [2.24, 2.45) is 4.99 Å². The molecule has 2 heterocycles. The first kappa shape index (κ1) is 18.5. The van der Waals surface area contributed by atoms with E-state index in [1.54, 1.807) is 0 Å². The molecule has 6 nitrogen and oxygen atoms in total. The van der Waals surface area contributed by atoms with Crippen LogP contribution in [0.25, 0.3) is 0 Å². The number of ether oxygens (including phenoxy) is 2. The molecule has 2 rings (SSSR count). The van der Waals surface area contributed by atoms with Crippen molar-refractivity contribution in [1.29, 1.82) is 0 Å². The third-order valence-electron chi connectivity index (χ3n) is 4.72. The molecule has 134 valence electrons. The fourth-order valence-corrected chi connectivity index (χ4v) is 3.35. The van der Waals surface area contributed by atoms with Gasteiger partial charge < -0.3 is 20.1 Å². The fourth-order valence-electron chi connectivity index (χ4n) is 3.35. The molecule has 0 saturated carbocycles. The Morgan fingerprint density at radius 2 is 2.22 bits per heavy atom. The average molecular weight is 326 g/mol. The summed E-state index contributed by atoms with van der Waals surface area (Å²) in [6, 6.07) is 0.647. The minimum atomic E-state index is 0.324. The third-order valence-corrected chi connectivity index (χ3v) is 4.72. The van der Waals surface area contributed by atoms with Crippen LogP contribution < -0.4 is 10.6 Å². The number of likely N-dealkylation sites (tertiary alicyclic amines) is 1. The molecule has 0 spiro atoms. The van der Waals surface area contributed by atoms with E-state index in [-0.39, 0.29) is 0 Å². The molecule has 2 atom stereocenters. The van der Waals surface area contributed by atoms with Crippen LogP contribution in [0.1, 0.15) is 39.0 Å². The van der Waals surface area contributed by atoms with Crippen LogP contribution in [-0.4, -0.2) is 76.1 Å². The van der Waals surface area contributed by atoms with Gasteiger partial charge in [0.1, 0.15) is 0 Å². The van der Waals surface area contributed by atoms with Gasteiger partial charge >= 0.3 is 0 Å². The fraction of sp³-hybridized carbons (Fsp3) is 0.941. The number of guanidine groups is 1. The lowest BCUT2D eigenvalue weighted by atomic mass is 10.2. The molecule has 2 N–H and O–H groups in total. The first-order valence-electron chi connectivity index (χ1n) is 9.21. The Morgan fingerprint density at radius 1 is 1.30 bits per heavy atom. The summed E-state index contributed by atoms with van der Waals surface area (Å²) in [5.74, 6) is 0.895. The molecule has 0 aromatic rings. The van der Waals surface area contributed by atoms with Gasteiger partial charge in [-0.15, -0.1) is 0 Å². The van der Waals surface area contributed by atoms with Crippen LogP contribution in [0.2, 0.25) is 0 Å². The van der Waals surface area contributed by atoms with Crippen molar-refractivity contribution in [3.05, 3.63) is 0 Å². The van der Waals surface area contributed by atoms with E-state index < -0.39 is 0 Å². The van der Waals surface area contributed by atoms with E-state index in [0.29, 0.717) is 12.1 Å². The highest BCUT2D eigenvalue weighted by Crippen LogP contribution is 2.15. The van der Waals surface area contributed by atoms with Gasteiger partial charge in [-0.05, 0) is 45.2 Å². The number of aliphatic imine (C=N–C) groups is 1. The predicted molar refractivity (Wildman–Crippen MR) is 94.0 cm³/mol. The lowest BCUT2D eigenvalue weighted by molar-refractivity contribution is 0.0168. The van der Waals surface area contributed by atoms with E-state index in [1.165, 1.54) is 25.8 Å². The molecule has 0 aliphatic carbocycles. The maximum Gasteiger partial charge on any atom is 0.191 e. The maximum absolute atomic E-state index is 5.67. The first-order chi connectivity index (χ1) is 11.3. The highest BCUT2D eigenvalue weighted by molar-refractivity contribution is 5.79. The molecule has 0 radical (unpaired) electrons. The molecule has 2 fully saturated rings. The van der Waals surface area contributed by atoms with Gasteiger partial charge in [-0.1, -0.05) is 6.92 Å². The molecule has 0 aromatic heterocycles. The van der Waals surface area contributed by atoms with E-state index in [4.69, 9.17) is 9.47 Å². The van der Waals surface area contributed by atoms with E-state index in [9.17, 15) is 0 Å². The van der Waals surface area contributed by atoms with Gasteiger partial charge in [0.25, 0.3) is 0 Å². The van der Waals surface area contributed by atoms with Crippen LogP contribution in [0.3, 0.4) is 0 Å². The van der Waals surface area contributed by atoms with E-state index in [1.807, 2.05) is 7.05 Å². The Balaban J connectivity index is 1.49. The van der Waals surface area contributed by atoms with Crippen LogP contribution in [0.4, 0.5) is 0 Å². The average Bonchev–Trinajstić information content (AvgIpc) is 3.24. The van der Waals surface area contributed by atoms with Crippen LogP contribution in [-0.2, 0) is 9.47 Å². The summed E-state index contributed by atoms with van der Waals surface area (Å²) >= 11 is 0. The second kappa shape index (κ2) is 10.8. The topological polar surface area (TPSA) is 58.1 Å². The zero-order valence-electron chi connectivity index (χ0n) is 14.9. The lowest BCUT2D eigenvalue weighted by Gasteiger charge is -2.24. The lowest BCUT2D eigenvalue weighted by Crippen LogP contribution is -2.45. The first-order valence-corrected chi connectivity index (χ1v) is 9.21. The number of hydrogen-bond acceptors (Lipinski definition) is 4. The molecule has 2 aliphatic rings. The second-order valence-electron chi connectivity index (χ2n) is 6.37. The van der Waals surface area contributed by atoms with Crippen LogP contribution >= 0.6 is 0 Å². The second-order valence-corrected chi connectivity index (χ2v) is 6.37. The smallest absolute Gasteiger partial charge is 0.191 e. The number of nitrogens with one attached hydrogen (secondary N) is 2. The summed E-state index contributed by atoms with van der Waals surface area (Å²) in [7, 11) is 1.83. The minimum absolute atomic E-state index is 0.324. The summed E-state index contributed by atoms with van der Waals surface area (Å²) in [5.41, 5.74) is 0. The summed E-state index contributed by atoms with van der Waals surface area (Å²) in [6.45, 7) is 8.88. The molecule has 0 amide bonds. The van der Waals surface area contributed by atoms with Crippen molar-refractivity contribution in [2.45, 2.75) is 51.2 Å². The highest BCUT2D eigenvalue weighted by Gasteiger charge is 2.22. The Kier molecular flexibility index (Phi) is 8.71. The van der Waals surface area contributed by atoms with Gasteiger partial charge in [-0.3, -0.25) is 9.89 Å². The molecule has 6 heteroatoms. The van der Waals surface area contributed by atoms with Crippen LogP contribution in [0.15, 0.2) is 4.99 Å². The molecule has 2 aliphatic heterocycles. The van der Waals surface area contributed by atoms with Crippen LogP contribution in [0, 0.1) is 0 Å². The Labute approximate surface area is 141 Å². The van der Waals surface area contributed by atoms with E-state index in [0.717, 1.165) is 58.3 Å². The molecule has 0 aromatic carbocycles. The molecule has 23 heavy (non-hydrogen) atoms. The minimum Gasteiger partial charge on any atom is -0.379 e. The van der Waals surface area contributed by atoms with Gasteiger partial charge in [-0.25, -0.2) is 0 Å². The number of rotatable bonds is 9. The summed E-state index contributed by atoms with van der Waals surface area (Å²) in [4.78, 5) is 6.84. The standard InChI is InChI=1S/C17H34N4O2/c1-3-21-10-4-7-15(21)13-20-17(18-2)19-9-6-11-22-14-16-8-5-12-23-16/h15-16H,3-14H2,1-2H3,(H2,18,19,20). The van der Waals surface area contributed by atoms with Gasteiger partial charge in [0, 0.05) is 39.4 Å². The van der Waals surface area contributed by atoms with Gasteiger partial charge in [0.05, 0.1) is 12.7 Å². The van der Waals surface area contributed by atoms with Crippen molar-refractivity contribution in [3.63, 3.8) is 0 Å². The zero-order chi connectivity index (χ0) is 16.3. The van der Waals surface area contributed by atoms with Crippen molar-refractivity contribution in [2.75, 3.05) is 53.0 Å². The highest BCUT2D eigenvalue weighted by atomic mass is 16.5. The molecule has 2 unspecified atom stereocenters. The number of hydrogen-bond donors (Lipinski definition) is 2. The Morgan fingerprint density at radius 3 is 2.96 bits per heavy atom. The predicted octanol–water partition coefficient (Wildman–Crippen LogP) is 1.22. The summed E-state index contributed by atoms with van der Waals surface area (Å²) in [5, 5.41) is 6.81. The summed E-state index contributed by atoms with van der Waals surface area (Å²) < 4.78 is 11.2. The SMILES string of the molecule is CCN1CCCC1CNC(=NC)NCCCOCC1CCCO1.